The number of nitrogens with one attached hydrogen (secondary N) is 1. The lowest BCUT2D eigenvalue weighted by Crippen LogP contribution is -2.32. The highest BCUT2D eigenvalue weighted by Crippen LogP contribution is 2.28. The van der Waals surface area contributed by atoms with Gasteiger partial charge in [0.1, 0.15) is 10.7 Å². The summed E-state index contributed by atoms with van der Waals surface area (Å²) in [5.41, 5.74) is 0. The predicted molar refractivity (Wildman–Crippen MR) is 77.1 cm³/mol. The van der Waals surface area contributed by atoms with Crippen molar-refractivity contribution in [3.63, 3.8) is 0 Å². The van der Waals surface area contributed by atoms with Crippen LogP contribution < -0.4 is 5.32 Å². The van der Waals surface area contributed by atoms with Crippen molar-refractivity contribution >= 4 is 26.0 Å². The number of hydrogen-bond acceptors (Lipinski definition) is 4. The first-order valence-corrected chi connectivity index (χ1v) is 8.07. The zero-order valence-corrected chi connectivity index (χ0v) is 13.3. The molecule has 0 aliphatic carbocycles. The van der Waals surface area contributed by atoms with Crippen molar-refractivity contribution in [2.24, 2.45) is 0 Å². The van der Waals surface area contributed by atoms with Gasteiger partial charge >= 0.3 is 0 Å². The third-order valence-corrected chi connectivity index (χ3v) is 5.12. The van der Waals surface area contributed by atoms with Gasteiger partial charge in [0.15, 0.2) is 4.67 Å². The van der Waals surface area contributed by atoms with Crippen molar-refractivity contribution in [2.45, 2.75) is 24.8 Å². The molecule has 0 amide bonds. The van der Waals surface area contributed by atoms with Crippen LogP contribution in [0.2, 0.25) is 0 Å². The van der Waals surface area contributed by atoms with Gasteiger partial charge in [-0.15, -0.1) is 6.42 Å². The van der Waals surface area contributed by atoms with E-state index in [4.69, 9.17) is 10.8 Å². The van der Waals surface area contributed by atoms with Crippen molar-refractivity contribution in [3.05, 3.63) is 16.5 Å². The van der Waals surface area contributed by atoms with E-state index in [0.717, 1.165) is 0 Å². The minimum absolute atomic E-state index is 0.0507. The fraction of sp³-hybridized carbons (Fsp3) is 0.500. The van der Waals surface area contributed by atoms with E-state index in [9.17, 15) is 8.42 Å². The highest BCUT2D eigenvalue weighted by atomic mass is 79.9. The molecule has 0 atom stereocenters. The van der Waals surface area contributed by atoms with Crippen LogP contribution >= 0.6 is 15.9 Å². The molecule has 0 aliphatic rings. The van der Waals surface area contributed by atoms with Crippen LogP contribution in [0.5, 0.6) is 0 Å². The Morgan fingerprint density at radius 1 is 1.58 bits per heavy atom. The third kappa shape index (κ3) is 3.83. The maximum absolute atomic E-state index is 12.5. The highest BCUT2D eigenvalue weighted by molar-refractivity contribution is 9.10. The van der Waals surface area contributed by atoms with E-state index in [2.05, 4.69) is 27.2 Å². The Hall–Kier alpha value is -0.810. The SMILES string of the molecule is C#CCN(CCC)S(=O)(=O)c1cc(CNC)oc1Br. The van der Waals surface area contributed by atoms with E-state index in [-0.39, 0.29) is 16.1 Å². The normalized spacial score (nSPS) is 11.7. The third-order valence-electron chi connectivity index (χ3n) is 2.42. The summed E-state index contributed by atoms with van der Waals surface area (Å²) < 4.78 is 31.8. The summed E-state index contributed by atoms with van der Waals surface area (Å²) in [6.07, 6.45) is 5.92. The standard InChI is InChI=1S/C12H17BrN2O3S/c1-4-6-15(7-5-2)19(16,17)11-8-10(9-14-3)18-12(11)13/h1,8,14H,5-7,9H2,2-3H3. The van der Waals surface area contributed by atoms with E-state index in [0.29, 0.717) is 25.3 Å². The Bertz CT molecular complexity index is 560. The van der Waals surface area contributed by atoms with Crippen molar-refractivity contribution in [3.8, 4) is 12.3 Å². The number of terminal acetylenes is 1. The molecule has 7 heteroatoms. The first-order valence-electron chi connectivity index (χ1n) is 5.83. The zero-order chi connectivity index (χ0) is 14.5. The van der Waals surface area contributed by atoms with Gasteiger partial charge in [0, 0.05) is 12.6 Å². The van der Waals surface area contributed by atoms with Crippen LogP contribution in [0.4, 0.5) is 0 Å². The first-order chi connectivity index (χ1) is 8.97. The summed E-state index contributed by atoms with van der Waals surface area (Å²) in [5.74, 6) is 2.91. The molecule has 1 aromatic heterocycles. The van der Waals surface area contributed by atoms with Gasteiger partial charge in [-0.3, -0.25) is 0 Å². The Labute approximate surface area is 122 Å². The molecular formula is C12H17BrN2O3S. The average Bonchev–Trinajstić information content (AvgIpc) is 2.71. The molecule has 0 fully saturated rings. The number of nitrogens with zero attached hydrogens (tertiary/aromatic N) is 1. The number of furan rings is 1. The van der Waals surface area contributed by atoms with Crippen molar-refractivity contribution in [1.29, 1.82) is 0 Å². The van der Waals surface area contributed by atoms with Crippen molar-refractivity contribution in [1.82, 2.24) is 9.62 Å². The van der Waals surface area contributed by atoms with Gasteiger partial charge in [-0.25, -0.2) is 8.42 Å². The fourth-order valence-electron chi connectivity index (χ4n) is 1.61. The van der Waals surface area contributed by atoms with Crippen LogP contribution in [0.25, 0.3) is 0 Å². The number of rotatable bonds is 7. The number of halogens is 1. The Kier molecular flexibility index (Phi) is 6.07. The molecule has 0 saturated carbocycles. The molecule has 1 aromatic rings. The zero-order valence-electron chi connectivity index (χ0n) is 10.9. The van der Waals surface area contributed by atoms with E-state index in [1.54, 1.807) is 7.05 Å². The van der Waals surface area contributed by atoms with E-state index < -0.39 is 10.0 Å². The lowest BCUT2D eigenvalue weighted by Gasteiger charge is -2.18. The average molecular weight is 349 g/mol. The van der Waals surface area contributed by atoms with Gasteiger partial charge in [0.05, 0.1) is 13.1 Å². The molecule has 0 bridgehead atoms. The number of hydrogen-bond donors (Lipinski definition) is 1. The molecule has 1 rings (SSSR count). The minimum atomic E-state index is -3.63. The topological polar surface area (TPSA) is 62.6 Å². The van der Waals surface area contributed by atoms with E-state index in [1.807, 2.05) is 6.92 Å². The van der Waals surface area contributed by atoms with E-state index >= 15 is 0 Å². The minimum Gasteiger partial charge on any atom is -0.452 e. The number of sulfonamides is 1. The molecule has 0 aromatic carbocycles. The van der Waals surface area contributed by atoms with Crippen LogP contribution in [0.1, 0.15) is 19.1 Å². The van der Waals surface area contributed by atoms with Gasteiger partial charge in [-0.05, 0) is 29.4 Å². The van der Waals surface area contributed by atoms with Gasteiger partial charge in [-0.2, -0.15) is 4.31 Å². The molecule has 0 unspecified atom stereocenters. The van der Waals surface area contributed by atoms with Crippen LogP contribution in [0.3, 0.4) is 0 Å². The second kappa shape index (κ2) is 7.10. The van der Waals surface area contributed by atoms with Crippen LogP contribution in [-0.2, 0) is 16.6 Å². The van der Waals surface area contributed by atoms with Crippen LogP contribution in [0, 0.1) is 12.3 Å². The van der Waals surface area contributed by atoms with Gasteiger partial charge in [0.2, 0.25) is 10.0 Å². The quantitative estimate of drug-likeness (QED) is 0.763. The lowest BCUT2D eigenvalue weighted by molar-refractivity contribution is 0.440. The second-order valence-electron chi connectivity index (χ2n) is 3.92. The summed E-state index contributed by atoms with van der Waals surface area (Å²) >= 11 is 3.14. The molecule has 1 N–H and O–H groups in total. The Morgan fingerprint density at radius 3 is 2.79 bits per heavy atom. The van der Waals surface area contributed by atoms with Crippen LogP contribution in [0.15, 0.2) is 20.0 Å². The maximum Gasteiger partial charge on any atom is 0.248 e. The maximum atomic E-state index is 12.5. The van der Waals surface area contributed by atoms with Gasteiger partial charge < -0.3 is 9.73 Å². The smallest absolute Gasteiger partial charge is 0.248 e. The summed E-state index contributed by atoms with van der Waals surface area (Å²) in [5, 5.41) is 2.90. The van der Waals surface area contributed by atoms with Gasteiger partial charge in [-0.1, -0.05) is 12.8 Å². The lowest BCUT2D eigenvalue weighted by atomic mass is 10.4. The summed E-state index contributed by atoms with van der Waals surface area (Å²) in [6, 6.07) is 1.51. The molecule has 106 valence electrons. The predicted octanol–water partition coefficient (Wildman–Crippen LogP) is 1.80. The Morgan fingerprint density at radius 2 is 2.26 bits per heavy atom. The summed E-state index contributed by atoms with van der Waals surface area (Å²) in [4.78, 5) is 0.112. The molecule has 0 radical (unpaired) electrons. The summed E-state index contributed by atoms with van der Waals surface area (Å²) in [7, 11) is -1.87. The molecule has 0 saturated heterocycles. The highest BCUT2D eigenvalue weighted by Gasteiger charge is 2.28. The molecule has 0 spiro atoms. The fourth-order valence-corrected chi connectivity index (χ4v) is 4.02. The van der Waals surface area contributed by atoms with Crippen molar-refractivity contribution < 1.29 is 12.8 Å². The molecule has 1 heterocycles. The largest absolute Gasteiger partial charge is 0.452 e. The van der Waals surface area contributed by atoms with E-state index in [1.165, 1.54) is 10.4 Å². The molecule has 0 aliphatic heterocycles. The van der Waals surface area contributed by atoms with Gasteiger partial charge in [0.25, 0.3) is 0 Å². The van der Waals surface area contributed by atoms with Crippen molar-refractivity contribution in [2.75, 3.05) is 20.1 Å². The van der Waals surface area contributed by atoms with Crippen LogP contribution in [-0.4, -0.2) is 32.9 Å². The molecular weight excluding hydrogens is 332 g/mol. The molecule has 19 heavy (non-hydrogen) atoms. The summed E-state index contributed by atoms with van der Waals surface area (Å²) in [6.45, 7) is 2.79. The first kappa shape index (κ1) is 16.2. The Balaban J connectivity index is 3.14. The second-order valence-corrected chi connectivity index (χ2v) is 6.55. The monoisotopic (exact) mass is 348 g/mol. The molecule has 5 nitrogen and oxygen atoms in total.